The summed E-state index contributed by atoms with van der Waals surface area (Å²) in [4.78, 5) is 24.6. The number of Topliss-reactive ketones (excluding diaryl/α,β-unsaturated/α-hetero) is 1. The first-order valence-electron chi connectivity index (χ1n) is 6.80. The molecular formula is C14H17NO6S2. The first-order valence-corrected chi connectivity index (χ1v) is 9.29. The van der Waals surface area contributed by atoms with Gasteiger partial charge in [-0.2, -0.15) is 0 Å². The molecule has 0 saturated carbocycles. The van der Waals surface area contributed by atoms with Gasteiger partial charge >= 0.3 is 5.97 Å². The third-order valence-corrected chi connectivity index (χ3v) is 6.24. The summed E-state index contributed by atoms with van der Waals surface area (Å²) in [6.45, 7) is 4.12. The highest BCUT2D eigenvalue weighted by atomic mass is 32.2. The van der Waals surface area contributed by atoms with Crippen LogP contribution in [0, 0.1) is 0 Å². The second-order valence-electron chi connectivity index (χ2n) is 5.04. The van der Waals surface area contributed by atoms with Gasteiger partial charge in [0.05, 0.1) is 10.6 Å². The van der Waals surface area contributed by atoms with E-state index in [0.29, 0.717) is 4.88 Å². The zero-order valence-corrected chi connectivity index (χ0v) is 14.8. The van der Waals surface area contributed by atoms with Crippen LogP contribution in [0.4, 0.5) is 0 Å². The second-order valence-corrected chi connectivity index (χ2v) is 8.27. The molecule has 0 saturated heterocycles. The molecule has 2 rings (SSSR count). The van der Waals surface area contributed by atoms with E-state index in [4.69, 9.17) is 9.47 Å². The summed E-state index contributed by atoms with van der Waals surface area (Å²) in [6.07, 6.45) is 0. The molecule has 0 fully saturated rings. The maximum absolute atomic E-state index is 12.7. The van der Waals surface area contributed by atoms with Gasteiger partial charge in [0.25, 0.3) is 11.7 Å². The van der Waals surface area contributed by atoms with Crippen LogP contribution in [0.3, 0.4) is 0 Å². The fraction of sp³-hybridized carbons (Fsp3) is 0.429. The Balaban J connectivity index is 2.53. The van der Waals surface area contributed by atoms with Gasteiger partial charge in [-0.25, -0.2) is 12.7 Å². The molecule has 0 bridgehead atoms. The fourth-order valence-corrected chi connectivity index (χ4v) is 3.65. The van der Waals surface area contributed by atoms with E-state index >= 15 is 0 Å². The molecule has 7 nitrogen and oxygen atoms in total. The van der Waals surface area contributed by atoms with E-state index in [1.54, 1.807) is 17.5 Å². The van der Waals surface area contributed by atoms with Crippen molar-refractivity contribution in [2.45, 2.75) is 26.4 Å². The van der Waals surface area contributed by atoms with Crippen molar-refractivity contribution >= 4 is 33.1 Å². The van der Waals surface area contributed by atoms with E-state index in [1.165, 1.54) is 32.2 Å². The lowest BCUT2D eigenvalue weighted by molar-refractivity contribution is -0.142. The van der Waals surface area contributed by atoms with E-state index in [-0.39, 0.29) is 11.6 Å². The Labute approximate surface area is 138 Å². The lowest BCUT2D eigenvalue weighted by atomic mass is 9.99. The molecule has 1 aliphatic rings. The van der Waals surface area contributed by atoms with Crippen molar-refractivity contribution in [3.8, 4) is 0 Å². The predicted octanol–water partition coefficient (Wildman–Crippen LogP) is 1.58. The van der Waals surface area contributed by atoms with Crippen molar-refractivity contribution in [2.75, 3.05) is 12.8 Å². The third kappa shape index (κ3) is 2.98. The van der Waals surface area contributed by atoms with Gasteiger partial charge in [-0.1, -0.05) is 6.07 Å². The maximum Gasteiger partial charge on any atom is 0.308 e. The number of ether oxygens (including phenoxy) is 2. The van der Waals surface area contributed by atoms with Crippen molar-refractivity contribution < 1.29 is 27.5 Å². The molecular weight excluding hydrogens is 342 g/mol. The van der Waals surface area contributed by atoms with Gasteiger partial charge < -0.3 is 9.47 Å². The van der Waals surface area contributed by atoms with Crippen molar-refractivity contribution in [2.24, 2.45) is 0 Å². The number of thiophene rings is 1. The highest BCUT2D eigenvalue weighted by molar-refractivity contribution is 7.89. The minimum absolute atomic E-state index is 0.187. The lowest BCUT2D eigenvalue weighted by Gasteiger charge is -2.25. The molecule has 0 aliphatic carbocycles. The number of sulfonamides is 1. The molecule has 0 radical (unpaired) electrons. The van der Waals surface area contributed by atoms with E-state index in [1.807, 2.05) is 0 Å². The van der Waals surface area contributed by atoms with E-state index in [0.717, 1.165) is 11.2 Å². The predicted molar refractivity (Wildman–Crippen MR) is 83.8 cm³/mol. The molecule has 0 N–H and O–H groups in total. The zero-order chi connectivity index (χ0) is 17.4. The van der Waals surface area contributed by atoms with Crippen LogP contribution < -0.4 is 0 Å². The molecule has 23 heavy (non-hydrogen) atoms. The topological polar surface area (TPSA) is 90.0 Å². The number of ketones is 1. The average Bonchev–Trinajstić information content (AvgIpc) is 3.10. The fourth-order valence-electron chi connectivity index (χ4n) is 2.07. The van der Waals surface area contributed by atoms with Crippen LogP contribution in [-0.4, -0.2) is 37.3 Å². The van der Waals surface area contributed by atoms with E-state index in [9.17, 15) is 18.0 Å². The van der Waals surface area contributed by atoms with Gasteiger partial charge in [-0.15, -0.1) is 11.3 Å². The zero-order valence-electron chi connectivity index (χ0n) is 13.2. The minimum atomic E-state index is -3.68. The molecule has 126 valence electrons. The Bertz CT molecular complexity index is 765. The van der Waals surface area contributed by atoms with Crippen LogP contribution in [0.25, 0.3) is 0 Å². The summed E-state index contributed by atoms with van der Waals surface area (Å²) >= 11 is 1.29. The summed E-state index contributed by atoms with van der Waals surface area (Å²) in [5, 5.41) is 1.77. The summed E-state index contributed by atoms with van der Waals surface area (Å²) < 4.78 is 35.6. The Hall–Kier alpha value is -1.87. The quantitative estimate of drug-likeness (QED) is 0.742. The molecule has 1 unspecified atom stereocenters. The number of nitrogens with zero attached hydrogens (tertiary/aromatic N) is 1. The van der Waals surface area contributed by atoms with Crippen LogP contribution in [0.5, 0.6) is 0 Å². The lowest BCUT2D eigenvalue weighted by Crippen LogP contribution is -2.32. The Morgan fingerprint density at radius 2 is 2.13 bits per heavy atom. The molecule has 1 aromatic heterocycles. The van der Waals surface area contributed by atoms with Gasteiger partial charge in [-0.3, -0.25) is 9.59 Å². The molecule has 0 spiro atoms. The number of hydrogen-bond acceptors (Lipinski definition) is 7. The van der Waals surface area contributed by atoms with Gasteiger partial charge in [0.1, 0.15) is 0 Å². The number of carbonyl (C=O) groups is 2. The van der Waals surface area contributed by atoms with Crippen LogP contribution >= 0.6 is 11.3 Å². The Kier molecular flexibility index (Phi) is 4.54. The monoisotopic (exact) mass is 359 g/mol. The van der Waals surface area contributed by atoms with Gasteiger partial charge in [0, 0.05) is 14.0 Å². The Morgan fingerprint density at radius 1 is 1.48 bits per heavy atom. The van der Waals surface area contributed by atoms with E-state index in [2.05, 4.69) is 0 Å². The van der Waals surface area contributed by atoms with Crippen molar-refractivity contribution in [3.63, 3.8) is 0 Å². The molecule has 0 aromatic carbocycles. The smallest absolute Gasteiger partial charge is 0.308 e. The van der Waals surface area contributed by atoms with Crippen molar-refractivity contribution in [1.29, 1.82) is 0 Å². The van der Waals surface area contributed by atoms with Gasteiger partial charge in [0.2, 0.25) is 21.4 Å². The number of hydrogen-bond donors (Lipinski definition) is 0. The Morgan fingerprint density at radius 3 is 2.61 bits per heavy atom. The van der Waals surface area contributed by atoms with Crippen LogP contribution in [-0.2, 0) is 34.7 Å². The first-order chi connectivity index (χ1) is 10.6. The highest BCUT2D eigenvalue weighted by Gasteiger charge is 2.52. The second kappa shape index (κ2) is 5.97. The summed E-state index contributed by atoms with van der Waals surface area (Å²) in [6, 6.07) is 3.45. The molecule has 9 heteroatoms. The minimum Gasteiger partial charge on any atom is -0.455 e. The maximum atomic E-state index is 12.7. The summed E-state index contributed by atoms with van der Waals surface area (Å²) in [7, 11) is -2.43. The molecule has 1 aromatic rings. The number of carbonyl (C=O) groups excluding carboxylic acids is 2. The molecule has 1 aliphatic heterocycles. The van der Waals surface area contributed by atoms with Gasteiger partial charge in [-0.05, 0) is 25.3 Å². The number of rotatable bonds is 5. The number of esters is 1. The highest BCUT2D eigenvalue weighted by Crippen LogP contribution is 2.42. The third-order valence-electron chi connectivity index (χ3n) is 3.44. The molecule has 2 heterocycles. The van der Waals surface area contributed by atoms with Crippen molar-refractivity contribution in [1.82, 2.24) is 4.31 Å². The van der Waals surface area contributed by atoms with Crippen LogP contribution in [0.1, 0.15) is 25.6 Å². The largest absolute Gasteiger partial charge is 0.455 e. The first kappa shape index (κ1) is 17.5. The summed E-state index contributed by atoms with van der Waals surface area (Å²) in [5.74, 6) is -2.18. The molecule has 1 atom stereocenters. The molecule has 0 amide bonds. The SMILES string of the molecule is CCS(=O)(=O)N(C)C1=C(OC(C)=O)C(=O)C(C)(c2cccs2)O1. The van der Waals surface area contributed by atoms with Crippen LogP contribution in [0.15, 0.2) is 29.2 Å². The normalized spacial score (nSPS) is 21.3. The van der Waals surface area contributed by atoms with Crippen LogP contribution in [0.2, 0.25) is 0 Å². The average molecular weight is 359 g/mol. The van der Waals surface area contributed by atoms with Crippen molar-refractivity contribution in [3.05, 3.63) is 34.0 Å². The van der Waals surface area contributed by atoms with E-state index < -0.39 is 33.1 Å². The van der Waals surface area contributed by atoms with Gasteiger partial charge in [0.15, 0.2) is 0 Å². The summed E-state index contributed by atoms with van der Waals surface area (Å²) in [5.41, 5.74) is -1.42. The standard InChI is InChI=1S/C14H17NO6S2/c1-5-23(18,19)15(4)13-11(20-9(2)16)12(17)14(3,21-13)10-7-6-8-22-10/h6-8H,5H2,1-4H3.